The molecule has 0 saturated carbocycles. The topological polar surface area (TPSA) is 42.4 Å². The van der Waals surface area contributed by atoms with Crippen LogP contribution in [0.15, 0.2) is 48.8 Å². The van der Waals surface area contributed by atoms with Crippen LogP contribution < -0.4 is 4.74 Å². The summed E-state index contributed by atoms with van der Waals surface area (Å²) in [5, 5.41) is 10.2. The summed E-state index contributed by atoms with van der Waals surface area (Å²) in [5.74, 6) is 0.858. The average molecular weight is 271 g/mol. The minimum absolute atomic E-state index is 0.441. The Morgan fingerprint density at radius 2 is 1.80 bits per heavy atom. The Kier molecular flexibility index (Phi) is 5.56. The number of aryl methyl sites for hydroxylation is 1. The van der Waals surface area contributed by atoms with Crippen LogP contribution in [0, 0.1) is 0 Å². The molecule has 0 bridgehead atoms. The number of hydrogen-bond acceptors (Lipinski definition) is 3. The van der Waals surface area contributed by atoms with E-state index in [9.17, 15) is 5.11 Å². The smallest absolute Gasteiger partial charge is 0.119 e. The Morgan fingerprint density at radius 1 is 1.10 bits per heavy atom. The summed E-state index contributed by atoms with van der Waals surface area (Å²) in [6, 6.07) is 11.7. The van der Waals surface area contributed by atoms with Crippen molar-refractivity contribution in [3.63, 3.8) is 0 Å². The molecular weight excluding hydrogens is 250 g/mol. The molecule has 1 unspecified atom stereocenters. The average Bonchev–Trinajstić information content (AvgIpc) is 2.52. The highest BCUT2D eigenvalue weighted by molar-refractivity contribution is 5.28. The molecule has 0 aliphatic rings. The van der Waals surface area contributed by atoms with E-state index in [4.69, 9.17) is 4.74 Å². The van der Waals surface area contributed by atoms with Crippen LogP contribution in [0.3, 0.4) is 0 Å². The molecule has 0 aliphatic carbocycles. The fourth-order valence-electron chi connectivity index (χ4n) is 2.03. The van der Waals surface area contributed by atoms with Crippen LogP contribution in [0.1, 0.15) is 37.0 Å². The van der Waals surface area contributed by atoms with Gasteiger partial charge in [-0.1, -0.05) is 19.1 Å². The number of aromatic nitrogens is 1. The van der Waals surface area contributed by atoms with Gasteiger partial charge in [-0.2, -0.15) is 0 Å². The van der Waals surface area contributed by atoms with Crippen LogP contribution >= 0.6 is 0 Å². The Bertz CT molecular complexity index is 496. The summed E-state index contributed by atoms with van der Waals surface area (Å²) in [7, 11) is 0. The van der Waals surface area contributed by atoms with E-state index in [1.165, 1.54) is 5.56 Å². The molecule has 3 nitrogen and oxygen atoms in total. The number of aliphatic hydroxyl groups excluding tert-OH is 1. The molecule has 1 aromatic heterocycles. The van der Waals surface area contributed by atoms with Gasteiger partial charge in [-0.15, -0.1) is 0 Å². The second-order valence-electron chi connectivity index (χ2n) is 4.83. The van der Waals surface area contributed by atoms with E-state index in [1.54, 1.807) is 12.4 Å². The van der Waals surface area contributed by atoms with E-state index in [1.807, 2.05) is 36.4 Å². The summed E-state index contributed by atoms with van der Waals surface area (Å²) < 4.78 is 5.53. The molecular formula is C17H21NO2. The van der Waals surface area contributed by atoms with Gasteiger partial charge in [0.15, 0.2) is 0 Å². The minimum Gasteiger partial charge on any atom is -0.494 e. The maximum Gasteiger partial charge on any atom is 0.119 e. The van der Waals surface area contributed by atoms with Crippen molar-refractivity contribution >= 4 is 0 Å². The second-order valence-corrected chi connectivity index (χ2v) is 4.83. The fourth-order valence-corrected chi connectivity index (χ4v) is 2.03. The van der Waals surface area contributed by atoms with Crippen molar-refractivity contribution in [1.29, 1.82) is 0 Å². The lowest BCUT2D eigenvalue weighted by Crippen LogP contribution is -2.00. The molecule has 0 spiro atoms. The van der Waals surface area contributed by atoms with Crippen LogP contribution in [0.25, 0.3) is 0 Å². The molecule has 2 rings (SSSR count). The second kappa shape index (κ2) is 7.65. The van der Waals surface area contributed by atoms with Gasteiger partial charge in [0.25, 0.3) is 0 Å². The van der Waals surface area contributed by atoms with E-state index in [0.717, 1.165) is 30.8 Å². The highest BCUT2D eigenvalue weighted by atomic mass is 16.5. The van der Waals surface area contributed by atoms with Gasteiger partial charge in [-0.05, 0) is 54.7 Å². The molecule has 0 aliphatic heterocycles. The van der Waals surface area contributed by atoms with Crippen LogP contribution in [-0.4, -0.2) is 16.7 Å². The van der Waals surface area contributed by atoms with Gasteiger partial charge in [0, 0.05) is 12.4 Å². The molecule has 0 saturated heterocycles. The number of hydrogen-bond donors (Lipinski definition) is 1. The van der Waals surface area contributed by atoms with Gasteiger partial charge in [-0.3, -0.25) is 4.98 Å². The van der Waals surface area contributed by atoms with E-state index in [-0.39, 0.29) is 0 Å². The van der Waals surface area contributed by atoms with Crippen LogP contribution in [0.4, 0.5) is 0 Å². The third-order valence-electron chi connectivity index (χ3n) is 3.19. The number of pyridine rings is 1. The number of ether oxygens (including phenoxy) is 1. The predicted molar refractivity (Wildman–Crippen MR) is 79.7 cm³/mol. The highest BCUT2D eigenvalue weighted by Gasteiger charge is 2.08. The molecule has 1 heterocycles. The summed E-state index contributed by atoms with van der Waals surface area (Å²) in [5.41, 5.74) is 2.13. The monoisotopic (exact) mass is 271 g/mol. The lowest BCUT2D eigenvalue weighted by atomic mass is 10.0. The third kappa shape index (κ3) is 4.35. The van der Waals surface area contributed by atoms with E-state index in [2.05, 4.69) is 11.9 Å². The number of nitrogens with zero attached hydrogens (tertiary/aromatic N) is 1. The summed E-state index contributed by atoms with van der Waals surface area (Å²) in [4.78, 5) is 3.99. The molecule has 2 aromatic rings. The van der Waals surface area contributed by atoms with Gasteiger partial charge in [0.1, 0.15) is 5.75 Å². The van der Waals surface area contributed by atoms with Crippen LogP contribution in [0.5, 0.6) is 5.75 Å². The van der Waals surface area contributed by atoms with Crippen molar-refractivity contribution < 1.29 is 9.84 Å². The minimum atomic E-state index is -0.441. The zero-order valence-corrected chi connectivity index (χ0v) is 11.8. The number of rotatable bonds is 7. The maximum absolute atomic E-state index is 10.2. The van der Waals surface area contributed by atoms with Gasteiger partial charge in [-0.25, -0.2) is 0 Å². The number of benzene rings is 1. The van der Waals surface area contributed by atoms with E-state index >= 15 is 0 Å². The molecule has 1 N–H and O–H groups in total. The lowest BCUT2D eigenvalue weighted by molar-refractivity contribution is 0.167. The van der Waals surface area contributed by atoms with Crippen molar-refractivity contribution in [3.8, 4) is 5.75 Å². The molecule has 106 valence electrons. The van der Waals surface area contributed by atoms with Gasteiger partial charge in [0.05, 0.1) is 12.7 Å². The van der Waals surface area contributed by atoms with E-state index in [0.29, 0.717) is 6.42 Å². The summed E-state index contributed by atoms with van der Waals surface area (Å²) in [6.07, 6.45) is 5.67. The summed E-state index contributed by atoms with van der Waals surface area (Å²) >= 11 is 0. The first-order chi connectivity index (χ1) is 9.79. The SMILES string of the molecule is CCCOc1ccc(C(O)CCc2ccncc2)cc1. The molecule has 0 radical (unpaired) electrons. The van der Waals surface area contributed by atoms with E-state index < -0.39 is 6.10 Å². The first kappa shape index (κ1) is 14.5. The quantitative estimate of drug-likeness (QED) is 0.837. The zero-order valence-electron chi connectivity index (χ0n) is 11.8. The van der Waals surface area contributed by atoms with Crippen molar-refractivity contribution in [3.05, 3.63) is 59.9 Å². The van der Waals surface area contributed by atoms with Crippen molar-refractivity contribution in [2.45, 2.75) is 32.3 Å². The Hall–Kier alpha value is -1.87. The van der Waals surface area contributed by atoms with Gasteiger partial charge < -0.3 is 9.84 Å². The molecule has 20 heavy (non-hydrogen) atoms. The van der Waals surface area contributed by atoms with Gasteiger partial charge in [0.2, 0.25) is 0 Å². The van der Waals surface area contributed by atoms with Crippen molar-refractivity contribution in [2.75, 3.05) is 6.61 Å². The van der Waals surface area contributed by atoms with Gasteiger partial charge >= 0.3 is 0 Å². The highest BCUT2D eigenvalue weighted by Crippen LogP contribution is 2.21. The lowest BCUT2D eigenvalue weighted by Gasteiger charge is -2.12. The normalized spacial score (nSPS) is 12.1. The molecule has 0 amide bonds. The van der Waals surface area contributed by atoms with Crippen molar-refractivity contribution in [2.24, 2.45) is 0 Å². The molecule has 1 aromatic carbocycles. The zero-order chi connectivity index (χ0) is 14.2. The fraction of sp³-hybridized carbons (Fsp3) is 0.353. The van der Waals surface area contributed by atoms with Crippen LogP contribution in [0.2, 0.25) is 0 Å². The first-order valence-corrected chi connectivity index (χ1v) is 7.09. The van der Waals surface area contributed by atoms with Crippen LogP contribution in [-0.2, 0) is 6.42 Å². The maximum atomic E-state index is 10.2. The predicted octanol–water partition coefficient (Wildman–Crippen LogP) is 3.54. The third-order valence-corrected chi connectivity index (χ3v) is 3.19. The largest absolute Gasteiger partial charge is 0.494 e. The summed E-state index contributed by atoms with van der Waals surface area (Å²) in [6.45, 7) is 2.81. The Balaban J connectivity index is 1.87. The molecule has 3 heteroatoms. The standard InChI is InChI=1S/C17H21NO2/c1-2-13-20-16-6-4-15(5-7-16)17(19)8-3-14-9-11-18-12-10-14/h4-7,9-12,17,19H,2-3,8,13H2,1H3. The molecule has 0 fully saturated rings. The number of aliphatic hydroxyl groups is 1. The Morgan fingerprint density at radius 3 is 2.45 bits per heavy atom. The Labute approximate surface area is 120 Å². The first-order valence-electron chi connectivity index (χ1n) is 7.09. The van der Waals surface area contributed by atoms with Crippen molar-refractivity contribution in [1.82, 2.24) is 4.98 Å². The molecule has 1 atom stereocenters.